The zero-order valence-corrected chi connectivity index (χ0v) is 19.9. The van der Waals surface area contributed by atoms with Crippen molar-refractivity contribution in [1.29, 1.82) is 0 Å². The molecule has 4 rings (SSSR count). The number of hydrogen-bond donors (Lipinski definition) is 1. The first kappa shape index (κ1) is 22.7. The zero-order valence-electron chi connectivity index (χ0n) is 17.5. The summed E-state index contributed by atoms with van der Waals surface area (Å²) in [5, 5.41) is 18.7. The van der Waals surface area contributed by atoms with Crippen LogP contribution in [0.3, 0.4) is 0 Å². The smallest absolute Gasteiger partial charge is 0.285 e. The summed E-state index contributed by atoms with van der Waals surface area (Å²) in [4.78, 5) is 12.8. The van der Waals surface area contributed by atoms with Crippen LogP contribution in [0.2, 0.25) is 0 Å². The standard InChI is InChI=1S/C23H19BrN4O4S/c1-27-20-13-6-5-12-19(20)22(23(27)30)26-25-21(29)15-28(17-9-7-8-16(24)14-17)33(31,32)18-10-3-2-4-11-18/h2-14,30H,15H2,1H3. The van der Waals surface area contributed by atoms with Crippen molar-refractivity contribution in [1.82, 2.24) is 4.57 Å². The number of carbonyl (C=O) groups is 1. The molecule has 8 nitrogen and oxygen atoms in total. The van der Waals surface area contributed by atoms with Gasteiger partial charge in [-0.2, -0.15) is 0 Å². The summed E-state index contributed by atoms with van der Waals surface area (Å²) in [5.74, 6) is -0.935. The predicted molar refractivity (Wildman–Crippen MR) is 129 cm³/mol. The number of benzene rings is 3. The molecule has 33 heavy (non-hydrogen) atoms. The number of fused-ring (bicyclic) bond motifs is 1. The number of azo groups is 1. The lowest BCUT2D eigenvalue weighted by molar-refractivity contribution is -0.116. The van der Waals surface area contributed by atoms with Crippen LogP contribution < -0.4 is 4.31 Å². The van der Waals surface area contributed by atoms with E-state index in [0.29, 0.717) is 15.5 Å². The van der Waals surface area contributed by atoms with Gasteiger partial charge in [-0.1, -0.05) is 58.4 Å². The van der Waals surface area contributed by atoms with E-state index in [1.165, 1.54) is 16.7 Å². The average Bonchev–Trinajstić information content (AvgIpc) is 3.06. The molecule has 168 valence electrons. The summed E-state index contributed by atoms with van der Waals surface area (Å²) in [5.41, 5.74) is 1.16. The maximum Gasteiger partial charge on any atom is 0.285 e. The normalized spacial score (nSPS) is 11.8. The van der Waals surface area contributed by atoms with Crippen molar-refractivity contribution in [3.63, 3.8) is 0 Å². The maximum atomic E-state index is 13.3. The van der Waals surface area contributed by atoms with Crippen LogP contribution in [0.4, 0.5) is 11.4 Å². The Morgan fingerprint density at radius 2 is 1.73 bits per heavy atom. The summed E-state index contributed by atoms with van der Waals surface area (Å²) >= 11 is 3.34. The molecule has 1 amide bonds. The van der Waals surface area contributed by atoms with Crippen LogP contribution in [-0.2, 0) is 21.9 Å². The Hall–Kier alpha value is -3.50. The summed E-state index contributed by atoms with van der Waals surface area (Å²) in [6.45, 7) is -0.567. The SMILES string of the molecule is Cn1c(O)c(N=NC(=O)CN(c2cccc(Br)c2)S(=O)(=O)c2ccccc2)c2ccccc21. The van der Waals surface area contributed by atoms with Crippen LogP contribution in [0.25, 0.3) is 10.9 Å². The van der Waals surface area contributed by atoms with Gasteiger partial charge >= 0.3 is 0 Å². The fourth-order valence-corrected chi connectivity index (χ4v) is 5.20. The van der Waals surface area contributed by atoms with Crippen molar-refractivity contribution in [2.75, 3.05) is 10.8 Å². The van der Waals surface area contributed by atoms with Crippen molar-refractivity contribution >= 4 is 54.1 Å². The molecule has 10 heteroatoms. The number of amides is 1. The van der Waals surface area contributed by atoms with E-state index in [0.717, 1.165) is 9.82 Å². The third-order valence-corrected chi connectivity index (χ3v) is 7.30. The van der Waals surface area contributed by atoms with Crippen molar-refractivity contribution in [3.05, 3.63) is 83.3 Å². The summed E-state index contributed by atoms with van der Waals surface area (Å²) < 4.78 is 29.8. The number of aromatic nitrogens is 1. The van der Waals surface area contributed by atoms with Gasteiger partial charge in [0.25, 0.3) is 15.9 Å². The zero-order chi connectivity index (χ0) is 23.6. The van der Waals surface area contributed by atoms with Crippen molar-refractivity contribution < 1.29 is 18.3 Å². The molecule has 0 saturated carbocycles. The van der Waals surface area contributed by atoms with E-state index < -0.39 is 22.5 Å². The lowest BCUT2D eigenvalue weighted by Gasteiger charge is -2.23. The highest BCUT2D eigenvalue weighted by atomic mass is 79.9. The number of para-hydroxylation sites is 1. The Labute approximate surface area is 199 Å². The number of hydrogen-bond acceptors (Lipinski definition) is 5. The molecule has 0 saturated heterocycles. The summed E-state index contributed by atoms with van der Waals surface area (Å²) in [6, 6.07) is 21.6. The fraction of sp³-hybridized carbons (Fsp3) is 0.0870. The van der Waals surface area contributed by atoms with Crippen LogP contribution in [0, 0.1) is 0 Å². The Balaban J connectivity index is 1.69. The largest absolute Gasteiger partial charge is 0.493 e. The highest BCUT2D eigenvalue weighted by Gasteiger charge is 2.27. The Morgan fingerprint density at radius 1 is 1.03 bits per heavy atom. The molecule has 1 N–H and O–H groups in total. The van der Waals surface area contributed by atoms with Gasteiger partial charge in [0, 0.05) is 16.9 Å². The number of halogens is 1. The van der Waals surface area contributed by atoms with E-state index >= 15 is 0 Å². The third kappa shape index (κ3) is 4.53. The van der Waals surface area contributed by atoms with E-state index in [1.807, 2.05) is 6.07 Å². The summed E-state index contributed by atoms with van der Waals surface area (Å²) in [7, 11) is -2.38. The molecule has 0 fully saturated rings. The van der Waals surface area contributed by atoms with Crippen LogP contribution in [0.1, 0.15) is 0 Å². The minimum atomic E-state index is -4.05. The molecule has 1 heterocycles. The highest BCUT2D eigenvalue weighted by Crippen LogP contribution is 2.37. The van der Waals surface area contributed by atoms with Gasteiger partial charge < -0.3 is 9.67 Å². The first-order chi connectivity index (χ1) is 15.8. The van der Waals surface area contributed by atoms with Crippen molar-refractivity contribution in [3.8, 4) is 5.88 Å². The highest BCUT2D eigenvalue weighted by molar-refractivity contribution is 9.10. The number of sulfonamides is 1. The molecule has 0 aliphatic carbocycles. The Kier molecular flexibility index (Phi) is 6.30. The first-order valence-corrected chi connectivity index (χ1v) is 12.1. The van der Waals surface area contributed by atoms with Gasteiger partial charge in [-0.25, -0.2) is 8.42 Å². The van der Waals surface area contributed by atoms with Gasteiger partial charge in [-0.15, -0.1) is 10.2 Å². The van der Waals surface area contributed by atoms with Gasteiger partial charge in [0.15, 0.2) is 5.69 Å². The third-order valence-electron chi connectivity index (χ3n) is 5.02. The molecule has 0 aliphatic rings. The van der Waals surface area contributed by atoms with E-state index in [9.17, 15) is 18.3 Å². The van der Waals surface area contributed by atoms with Gasteiger partial charge in [-0.05, 0) is 36.4 Å². The first-order valence-electron chi connectivity index (χ1n) is 9.83. The number of anilines is 1. The molecular formula is C23H19BrN4O4S. The number of carbonyl (C=O) groups excluding carboxylic acids is 1. The van der Waals surface area contributed by atoms with E-state index in [1.54, 1.807) is 67.7 Å². The molecule has 0 bridgehead atoms. The molecule has 3 aromatic carbocycles. The second-order valence-electron chi connectivity index (χ2n) is 7.15. The van der Waals surface area contributed by atoms with E-state index in [2.05, 4.69) is 26.2 Å². The second kappa shape index (κ2) is 9.16. The minimum absolute atomic E-state index is 0.0430. The second-order valence-corrected chi connectivity index (χ2v) is 9.92. The van der Waals surface area contributed by atoms with Crippen LogP contribution in [0.5, 0.6) is 5.88 Å². The number of aryl methyl sites for hydroxylation is 1. The van der Waals surface area contributed by atoms with Crippen LogP contribution >= 0.6 is 15.9 Å². The number of rotatable bonds is 6. The maximum absolute atomic E-state index is 13.3. The lowest BCUT2D eigenvalue weighted by atomic mass is 10.2. The molecule has 4 aromatic rings. The molecule has 0 radical (unpaired) electrons. The average molecular weight is 527 g/mol. The molecule has 0 spiro atoms. The number of nitrogens with zero attached hydrogens (tertiary/aromatic N) is 4. The predicted octanol–water partition coefficient (Wildman–Crippen LogP) is 5.15. The number of aromatic hydroxyl groups is 1. The minimum Gasteiger partial charge on any atom is -0.493 e. The molecular weight excluding hydrogens is 508 g/mol. The van der Waals surface area contributed by atoms with Gasteiger partial charge in [0.05, 0.1) is 16.1 Å². The monoisotopic (exact) mass is 526 g/mol. The van der Waals surface area contributed by atoms with Crippen molar-refractivity contribution in [2.45, 2.75) is 4.90 Å². The Bertz CT molecular complexity index is 1470. The fourth-order valence-electron chi connectivity index (χ4n) is 3.38. The van der Waals surface area contributed by atoms with Gasteiger partial charge in [0.2, 0.25) is 5.88 Å². The molecule has 0 atom stereocenters. The van der Waals surface area contributed by atoms with E-state index in [-0.39, 0.29) is 16.5 Å². The molecule has 1 aromatic heterocycles. The van der Waals surface area contributed by atoms with E-state index in [4.69, 9.17) is 0 Å². The van der Waals surface area contributed by atoms with Gasteiger partial charge in [0.1, 0.15) is 6.54 Å². The lowest BCUT2D eigenvalue weighted by Crippen LogP contribution is -2.35. The topological polar surface area (TPSA) is 104 Å². The van der Waals surface area contributed by atoms with Crippen LogP contribution in [-0.4, -0.2) is 30.5 Å². The summed E-state index contributed by atoms with van der Waals surface area (Å²) in [6.07, 6.45) is 0. The van der Waals surface area contributed by atoms with Crippen LogP contribution in [0.15, 0.2) is 98.5 Å². The van der Waals surface area contributed by atoms with Crippen molar-refractivity contribution in [2.24, 2.45) is 17.3 Å². The van der Waals surface area contributed by atoms with Gasteiger partial charge in [-0.3, -0.25) is 9.10 Å². The molecule has 0 unspecified atom stereocenters. The quantitative estimate of drug-likeness (QED) is 0.350. The Morgan fingerprint density at radius 3 is 2.45 bits per heavy atom. The molecule has 0 aliphatic heterocycles.